The van der Waals surface area contributed by atoms with Gasteiger partial charge in [0.25, 0.3) is 0 Å². The van der Waals surface area contributed by atoms with Crippen molar-refractivity contribution in [3.63, 3.8) is 0 Å². The Morgan fingerprint density at radius 2 is 2.25 bits per heavy atom. The molecule has 2 rings (SSSR count). The minimum Gasteiger partial charge on any atom is -0.325 e. The molecule has 1 heterocycles. The van der Waals surface area contributed by atoms with Crippen LogP contribution < -0.4 is 5.32 Å². The lowest BCUT2D eigenvalue weighted by atomic mass is 10.00. The average molecular weight is 386 g/mol. The Morgan fingerprint density at radius 3 is 2.95 bits per heavy atom. The zero-order chi connectivity index (χ0) is 14.5. The van der Waals surface area contributed by atoms with Crippen LogP contribution in [0.25, 0.3) is 0 Å². The summed E-state index contributed by atoms with van der Waals surface area (Å²) < 4.78 is 1.19. The number of halogens is 1. The number of benzene rings is 1. The molecule has 3 nitrogen and oxygen atoms in total. The van der Waals surface area contributed by atoms with Crippen molar-refractivity contribution >= 4 is 34.2 Å². The number of amides is 1. The monoisotopic (exact) mass is 386 g/mol. The van der Waals surface area contributed by atoms with Crippen LogP contribution in [-0.4, -0.2) is 29.9 Å². The number of likely N-dealkylation sites (tertiary alicyclic amines) is 1. The highest BCUT2D eigenvalue weighted by atomic mass is 127. The van der Waals surface area contributed by atoms with Crippen molar-refractivity contribution in [2.24, 2.45) is 0 Å². The first-order valence-electron chi connectivity index (χ1n) is 7.40. The van der Waals surface area contributed by atoms with Crippen molar-refractivity contribution in [1.82, 2.24) is 4.90 Å². The van der Waals surface area contributed by atoms with E-state index < -0.39 is 0 Å². The molecule has 1 atom stereocenters. The SMILES string of the molecule is CCC1CCCCN1CC(=O)Nc1ccc(I)cc1C. The average Bonchev–Trinajstić information content (AvgIpc) is 2.42. The van der Waals surface area contributed by atoms with Crippen LogP contribution in [0.1, 0.15) is 38.2 Å². The first-order chi connectivity index (χ1) is 9.60. The molecule has 0 radical (unpaired) electrons. The molecule has 1 aromatic rings. The molecule has 1 aromatic carbocycles. The second-order valence-corrected chi connectivity index (χ2v) is 6.78. The minimum absolute atomic E-state index is 0.106. The number of carbonyl (C=O) groups excluding carboxylic acids is 1. The number of anilines is 1. The number of hydrogen-bond donors (Lipinski definition) is 1. The summed E-state index contributed by atoms with van der Waals surface area (Å²) in [4.78, 5) is 14.6. The topological polar surface area (TPSA) is 32.3 Å². The van der Waals surface area contributed by atoms with E-state index in [1.807, 2.05) is 19.1 Å². The normalized spacial score (nSPS) is 19.9. The summed E-state index contributed by atoms with van der Waals surface area (Å²) in [6, 6.07) is 6.68. The predicted molar refractivity (Wildman–Crippen MR) is 92.0 cm³/mol. The molecule has 1 N–H and O–H groups in total. The second kappa shape index (κ2) is 7.41. The van der Waals surface area contributed by atoms with Gasteiger partial charge in [0, 0.05) is 15.3 Å². The van der Waals surface area contributed by atoms with Crippen molar-refractivity contribution in [3.05, 3.63) is 27.3 Å². The molecule has 1 unspecified atom stereocenters. The van der Waals surface area contributed by atoms with E-state index in [1.54, 1.807) is 0 Å². The Morgan fingerprint density at radius 1 is 1.45 bits per heavy atom. The lowest BCUT2D eigenvalue weighted by Crippen LogP contribution is -2.43. The smallest absolute Gasteiger partial charge is 0.238 e. The molecule has 1 aliphatic heterocycles. The van der Waals surface area contributed by atoms with Gasteiger partial charge in [0.15, 0.2) is 0 Å². The van der Waals surface area contributed by atoms with Crippen molar-refractivity contribution in [1.29, 1.82) is 0 Å². The largest absolute Gasteiger partial charge is 0.325 e. The third kappa shape index (κ3) is 4.19. The van der Waals surface area contributed by atoms with Gasteiger partial charge in [-0.3, -0.25) is 9.69 Å². The lowest BCUT2D eigenvalue weighted by Gasteiger charge is -2.34. The fraction of sp³-hybridized carbons (Fsp3) is 0.562. The number of aryl methyl sites for hydroxylation is 1. The Labute approximate surface area is 135 Å². The standard InChI is InChI=1S/C16H23IN2O/c1-3-14-6-4-5-9-19(14)11-16(20)18-15-8-7-13(17)10-12(15)2/h7-8,10,14H,3-6,9,11H2,1-2H3,(H,18,20). The first kappa shape index (κ1) is 15.8. The van der Waals surface area contributed by atoms with Gasteiger partial charge < -0.3 is 5.32 Å². The van der Waals surface area contributed by atoms with Gasteiger partial charge in [0.05, 0.1) is 6.54 Å². The number of carbonyl (C=O) groups is 1. The van der Waals surface area contributed by atoms with E-state index in [9.17, 15) is 4.79 Å². The summed E-state index contributed by atoms with van der Waals surface area (Å²) in [6.07, 6.45) is 4.88. The van der Waals surface area contributed by atoms with E-state index in [-0.39, 0.29) is 5.91 Å². The first-order valence-corrected chi connectivity index (χ1v) is 8.48. The van der Waals surface area contributed by atoms with Crippen LogP contribution in [0.15, 0.2) is 18.2 Å². The molecule has 4 heteroatoms. The van der Waals surface area contributed by atoms with Crippen LogP contribution >= 0.6 is 22.6 Å². The van der Waals surface area contributed by atoms with Crippen LogP contribution in [0.4, 0.5) is 5.69 Å². The van der Waals surface area contributed by atoms with Gasteiger partial charge in [-0.2, -0.15) is 0 Å². The van der Waals surface area contributed by atoms with Crippen LogP contribution in [0.2, 0.25) is 0 Å². The van der Waals surface area contributed by atoms with Crippen molar-refractivity contribution in [3.8, 4) is 0 Å². The van der Waals surface area contributed by atoms with Crippen molar-refractivity contribution in [2.45, 2.75) is 45.6 Å². The van der Waals surface area contributed by atoms with Gasteiger partial charge in [-0.1, -0.05) is 13.3 Å². The molecule has 0 aromatic heterocycles. The van der Waals surface area contributed by atoms with Crippen LogP contribution in [-0.2, 0) is 4.79 Å². The van der Waals surface area contributed by atoms with Gasteiger partial charge in [0.1, 0.15) is 0 Å². The Hall–Kier alpha value is -0.620. The summed E-state index contributed by atoms with van der Waals surface area (Å²) in [5.41, 5.74) is 2.05. The zero-order valence-electron chi connectivity index (χ0n) is 12.3. The second-order valence-electron chi connectivity index (χ2n) is 5.54. The number of piperidine rings is 1. The van der Waals surface area contributed by atoms with E-state index in [0.717, 1.165) is 24.2 Å². The molecule has 1 saturated heterocycles. The Kier molecular flexibility index (Phi) is 5.84. The fourth-order valence-corrected chi connectivity index (χ4v) is 3.52. The molecule has 0 bridgehead atoms. The predicted octanol–water partition coefficient (Wildman–Crippen LogP) is 3.80. The number of nitrogens with zero attached hydrogens (tertiary/aromatic N) is 1. The van der Waals surface area contributed by atoms with E-state index in [2.05, 4.69) is 45.8 Å². The molecule has 0 saturated carbocycles. The third-order valence-corrected chi connectivity index (χ3v) is 4.70. The van der Waals surface area contributed by atoms with Gasteiger partial charge in [-0.05, 0) is 79.1 Å². The maximum Gasteiger partial charge on any atom is 0.238 e. The van der Waals surface area contributed by atoms with E-state index in [4.69, 9.17) is 0 Å². The highest BCUT2D eigenvalue weighted by Gasteiger charge is 2.22. The summed E-state index contributed by atoms with van der Waals surface area (Å²) in [5.74, 6) is 0.106. The molecule has 1 amide bonds. The molecular weight excluding hydrogens is 363 g/mol. The Bertz CT molecular complexity index is 476. The lowest BCUT2D eigenvalue weighted by molar-refractivity contribution is -0.118. The van der Waals surface area contributed by atoms with Crippen LogP contribution in [0.5, 0.6) is 0 Å². The minimum atomic E-state index is 0.106. The fourth-order valence-electron chi connectivity index (χ4n) is 2.87. The van der Waals surface area contributed by atoms with E-state index in [0.29, 0.717) is 12.6 Å². The van der Waals surface area contributed by atoms with Gasteiger partial charge in [-0.25, -0.2) is 0 Å². The summed E-state index contributed by atoms with van der Waals surface area (Å²) in [5, 5.41) is 3.05. The summed E-state index contributed by atoms with van der Waals surface area (Å²) >= 11 is 2.29. The van der Waals surface area contributed by atoms with Crippen molar-refractivity contribution in [2.75, 3.05) is 18.4 Å². The molecule has 110 valence electrons. The summed E-state index contributed by atoms with van der Waals surface area (Å²) in [6.45, 7) is 5.82. The molecule has 0 spiro atoms. The number of nitrogens with one attached hydrogen (secondary N) is 1. The van der Waals surface area contributed by atoms with Gasteiger partial charge in [0.2, 0.25) is 5.91 Å². The van der Waals surface area contributed by atoms with Gasteiger partial charge >= 0.3 is 0 Å². The molecule has 1 fully saturated rings. The third-order valence-electron chi connectivity index (χ3n) is 4.03. The summed E-state index contributed by atoms with van der Waals surface area (Å²) in [7, 11) is 0. The molecule has 1 aliphatic rings. The van der Waals surface area contributed by atoms with Crippen LogP contribution in [0, 0.1) is 10.5 Å². The highest BCUT2D eigenvalue weighted by Crippen LogP contribution is 2.20. The highest BCUT2D eigenvalue weighted by molar-refractivity contribution is 14.1. The number of hydrogen-bond acceptors (Lipinski definition) is 2. The Balaban J connectivity index is 1.94. The maximum absolute atomic E-state index is 12.2. The van der Waals surface area contributed by atoms with E-state index in [1.165, 1.54) is 22.8 Å². The maximum atomic E-state index is 12.2. The van der Waals surface area contributed by atoms with E-state index >= 15 is 0 Å². The van der Waals surface area contributed by atoms with Crippen molar-refractivity contribution < 1.29 is 4.79 Å². The number of rotatable bonds is 4. The quantitative estimate of drug-likeness (QED) is 0.799. The molecule has 0 aliphatic carbocycles. The van der Waals surface area contributed by atoms with Crippen LogP contribution in [0.3, 0.4) is 0 Å². The molecule has 20 heavy (non-hydrogen) atoms. The zero-order valence-corrected chi connectivity index (χ0v) is 14.4. The molecular formula is C16H23IN2O. The van der Waals surface area contributed by atoms with Gasteiger partial charge in [-0.15, -0.1) is 0 Å².